The molecule has 1 aromatic heterocycles. The minimum atomic E-state index is -0.865. The summed E-state index contributed by atoms with van der Waals surface area (Å²) in [7, 11) is 0. The van der Waals surface area contributed by atoms with Crippen LogP contribution in [0.5, 0.6) is 0 Å². The topological polar surface area (TPSA) is 81.5 Å². The number of nitro groups is 1. The number of hydrogen-bond donors (Lipinski definition) is 1. The Morgan fingerprint density at radius 3 is 2.86 bits per heavy atom. The predicted molar refractivity (Wildman–Crippen MR) is 80.8 cm³/mol. The van der Waals surface area contributed by atoms with E-state index in [1.807, 2.05) is 5.38 Å². The first-order valence-corrected chi connectivity index (χ1v) is 7.20. The number of benzene rings is 1. The molecule has 110 valence electrons. The van der Waals surface area contributed by atoms with Crippen molar-refractivity contribution in [3.05, 3.63) is 56.8 Å². The molecule has 0 spiro atoms. The van der Waals surface area contributed by atoms with Crippen molar-refractivity contribution in [3.63, 3.8) is 0 Å². The van der Waals surface area contributed by atoms with Gasteiger partial charge in [0.25, 0.3) is 5.69 Å². The van der Waals surface area contributed by atoms with Gasteiger partial charge in [-0.05, 0) is 24.4 Å². The van der Waals surface area contributed by atoms with E-state index in [4.69, 9.17) is 4.74 Å². The number of carbonyl (C=O) groups excluding carboxylic acids is 1. The van der Waals surface area contributed by atoms with Gasteiger partial charge in [0.15, 0.2) is 6.23 Å². The predicted octanol–water partition coefficient (Wildman–Crippen LogP) is 3.31. The molecule has 1 atom stereocenters. The maximum atomic E-state index is 12.3. The SMILES string of the molecule is CCOC(Nc1cccc([N+](=O)[O-])c1)C(=O)c1cccs1. The Hall–Kier alpha value is -2.25. The van der Waals surface area contributed by atoms with Crippen molar-refractivity contribution < 1.29 is 14.5 Å². The summed E-state index contributed by atoms with van der Waals surface area (Å²) in [5.41, 5.74) is 0.423. The highest BCUT2D eigenvalue weighted by Crippen LogP contribution is 2.20. The lowest BCUT2D eigenvalue weighted by Crippen LogP contribution is -2.32. The van der Waals surface area contributed by atoms with E-state index in [0.717, 1.165) is 0 Å². The smallest absolute Gasteiger partial charge is 0.271 e. The first-order valence-electron chi connectivity index (χ1n) is 6.32. The Kier molecular flexibility index (Phi) is 5.02. The van der Waals surface area contributed by atoms with Gasteiger partial charge in [0, 0.05) is 24.4 Å². The molecule has 0 fully saturated rings. The summed E-state index contributed by atoms with van der Waals surface area (Å²) >= 11 is 1.33. The zero-order valence-electron chi connectivity index (χ0n) is 11.3. The normalized spacial score (nSPS) is 11.9. The number of hydrogen-bond acceptors (Lipinski definition) is 6. The summed E-state index contributed by atoms with van der Waals surface area (Å²) < 4.78 is 5.41. The third kappa shape index (κ3) is 3.87. The number of carbonyl (C=O) groups is 1. The van der Waals surface area contributed by atoms with Crippen LogP contribution in [0.1, 0.15) is 16.6 Å². The van der Waals surface area contributed by atoms with Crippen LogP contribution in [-0.4, -0.2) is 23.5 Å². The Labute approximate surface area is 125 Å². The van der Waals surface area contributed by atoms with Crippen molar-refractivity contribution in [2.24, 2.45) is 0 Å². The van der Waals surface area contributed by atoms with E-state index in [1.165, 1.54) is 23.5 Å². The molecule has 0 aliphatic carbocycles. The highest BCUT2D eigenvalue weighted by molar-refractivity contribution is 7.12. The highest BCUT2D eigenvalue weighted by Gasteiger charge is 2.21. The lowest BCUT2D eigenvalue weighted by molar-refractivity contribution is -0.384. The van der Waals surface area contributed by atoms with Gasteiger partial charge in [-0.2, -0.15) is 0 Å². The highest BCUT2D eigenvalue weighted by atomic mass is 32.1. The Morgan fingerprint density at radius 1 is 1.43 bits per heavy atom. The average molecular weight is 306 g/mol. The van der Waals surface area contributed by atoms with Gasteiger partial charge in [0.05, 0.1) is 9.80 Å². The fraction of sp³-hybridized carbons (Fsp3) is 0.214. The molecule has 0 saturated heterocycles. The monoisotopic (exact) mass is 306 g/mol. The molecule has 21 heavy (non-hydrogen) atoms. The number of Topliss-reactive ketones (excluding diaryl/α,β-unsaturated/α-hetero) is 1. The van der Waals surface area contributed by atoms with Crippen molar-refractivity contribution in [1.82, 2.24) is 0 Å². The zero-order chi connectivity index (χ0) is 15.2. The first kappa shape index (κ1) is 15.1. The van der Waals surface area contributed by atoms with E-state index in [-0.39, 0.29) is 11.5 Å². The second-order valence-corrected chi connectivity index (χ2v) is 5.08. The zero-order valence-corrected chi connectivity index (χ0v) is 12.1. The van der Waals surface area contributed by atoms with Crippen molar-refractivity contribution >= 4 is 28.5 Å². The number of ether oxygens (including phenoxy) is 1. The number of nitrogens with zero attached hydrogens (tertiary/aromatic N) is 1. The van der Waals surface area contributed by atoms with Gasteiger partial charge in [-0.1, -0.05) is 12.1 Å². The second-order valence-electron chi connectivity index (χ2n) is 4.13. The third-order valence-corrected chi connectivity index (χ3v) is 3.57. The molecule has 1 heterocycles. The molecule has 0 bridgehead atoms. The van der Waals surface area contributed by atoms with E-state index in [9.17, 15) is 14.9 Å². The van der Waals surface area contributed by atoms with Crippen LogP contribution in [0.25, 0.3) is 0 Å². The fourth-order valence-corrected chi connectivity index (χ4v) is 2.44. The van der Waals surface area contributed by atoms with Crippen LogP contribution in [0, 0.1) is 10.1 Å². The minimum Gasteiger partial charge on any atom is -0.353 e. The van der Waals surface area contributed by atoms with Gasteiger partial charge in [-0.15, -0.1) is 11.3 Å². The number of nitro benzene ring substituents is 1. The van der Waals surface area contributed by atoms with Crippen molar-refractivity contribution in [3.8, 4) is 0 Å². The summed E-state index contributed by atoms with van der Waals surface area (Å²) in [6, 6.07) is 9.47. The molecule has 0 aliphatic rings. The molecule has 0 saturated carbocycles. The van der Waals surface area contributed by atoms with Crippen molar-refractivity contribution in [1.29, 1.82) is 0 Å². The van der Waals surface area contributed by atoms with Crippen molar-refractivity contribution in [2.75, 3.05) is 11.9 Å². The molecule has 2 rings (SSSR count). The molecule has 2 aromatic rings. The second kappa shape index (κ2) is 6.96. The van der Waals surface area contributed by atoms with E-state index in [0.29, 0.717) is 17.2 Å². The largest absolute Gasteiger partial charge is 0.353 e. The molecule has 1 unspecified atom stereocenters. The molecule has 0 radical (unpaired) electrons. The van der Waals surface area contributed by atoms with Crippen molar-refractivity contribution in [2.45, 2.75) is 13.2 Å². The number of nitrogens with one attached hydrogen (secondary N) is 1. The van der Waals surface area contributed by atoms with E-state index in [1.54, 1.807) is 31.2 Å². The van der Waals surface area contributed by atoms with Gasteiger partial charge < -0.3 is 10.1 Å². The molecule has 0 aliphatic heterocycles. The van der Waals surface area contributed by atoms with E-state index < -0.39 is 11.2 Å². The number of non-ortho nitro benzene ring substituents is 1. The number of rotatable bonds is 7. The van der Waals surface area contributed by atoms with Gasteiger partial charge in [0.2, 0.25) is 5.78 Å². The van der Waals surface area contributed by atoms with Crippen LogP contribution in [0.2, 0.25) is 0 Å². The third-order valence-electron chi connectivity index (χ3n) is 2.69. The van der Waals surface area contributed by atoms with Crippen LogP contribution in [0.3, 0.4) is 0 Å². The molecule has 1 N–H and O–H groups in total. The quantitative estimate of drug-likeness (QED) is 0.367. The number of anilines is 1. The maximum absolute atomic E-state index is 12.3. The average Bonchev–Trinajstić information content (AvgIpc) is 3.00. The Morgan fingerprint density at radius 2 is 2.24 bits per heavy atom. The number of thiophene rings is 1. The van der Waals surface area contributed by atoms with Crippen LogP contribution in [0.4, 0.5) is 11.4 Å². The molecule has 1 aromatic carbocycles. The summed E-state index contributed by atoms with van der Waals surface area (Å²) in [4.78, 5) is 23.2. The lowest BCUT2D eigenvalue weighted by atomic mass is 10.2. The van der Waals surface area contributed by atoms with Gasteiger partial charge >= 0.3 is 0 Å². The molecular formula is C14H14N2O4S. The van der Waals surface area contributed by atoms with Crippen LogP contribution >= 0.6 is 11.3 Å². The van der Waals surface area contributed by atoms with Gasteiger partial charge in [-0.3, -0.25) is 14.9 Å². The lowest BCUT2D eigenvalue weighted by Gasteiger charge is -2.17. The molecule has 0 amide bonds. The number of ketones is 1. The summed E-state index contributed by atoms with van der Waals surface area (Å²) in [5, 5.41) is 15.5. The standard InChI is InChI=1S/C14H14N2O4S/c1-2-20-14(13(17)12-7-4-8-21-12)15-10-5-3-6-11(9-10)16(18)19/h3-9,14-15H,2H2,1H3. The molecule has 7 heteroatoms. The van der Waals surface area contributed by atoms with Crippen LogP contribution in [0.15, 0.2) is 41.8 Å². The molecule has 6 nitrogen and oxygen atoms in total. The van der Waals surface area contributed by atoms with E-state index in [2.05, 4.69) is 5.32 Å². The van der Waals surface area contributed by atoms with Gasteiger partial charge in [-0.25, -0.2) is 0 Å². The van der Waals surface area contributed by atoms with Crippen LogP contribution < -0.4 is 5.32 Å². The molecular weight excluding hydrogens is 292 g/mol. The maximum Gasteiger partial charge on any atom is 0.271 e. The minimum absolute atomic E-state index is 0.0428. The van der Waals surface area contributed by atoms with Crippen LogP contribution in [-0.2, 0) is 4.74 Å². The summed E-state index contributed by atoms with van der Waals surface area (Å²) in [6.45, 7) is 2.13. The van der Waals surface area contributed by atoms with E-state index >= 15 is 0 Å². The Bertz CT molecular complexity index is 628. The van der Waals surface area contributed by atoms with Gasteiger partial charge in [0.1, 0.15) is 0 Å². The summed E-state index contributed by atoms with van der Waals surface area (Å²) in [5.74, 6) is -0.196. The fourth-order valence-electron chi connectivity index (χ4n) is 1.76. The Balaban J connectivity index is 2.18. The first-order chi connectivity index (χ1) is 10.1. The summed E-state index contributed by atoms with van der Waals surface area (Å²) in [6.07, 6.45) is -0.865.